The third-order valence-corrected chi connectivity index (χ3v) is 7.56. The van der Waals surface area contributed by atoms with Gasteiger partial charge < -0.3 is 40.1 Å². The smallest absolute Gasteiger partial charge is 0.405 e. The lowest BCUT2D eigenvalue weighted by Gasteiger charge is -2.30. The second-order valence-electron chi connectivity index (χ2n) is 11.4. The number of carbonyl (C=O) groups excluding carboxylic acids is 4. The van der Waals surface area contributed by atoms with E-state index in [1.165, 1.54) is 51.6 Å². The lowest BCUT2D eigenvalue weighted by atomic mass is 9.84. The van der Waals surface area contributed by atoms with Crippen LogP contribution in [0.4, 0.5) is 4.79 Å². The molecule has 0 radical (unpaired) electrons. The van der Waals surface area contributed by atoms with E-state index in [2.05, 4.69) is 10.4 Å². The second-order valence-corrected chi connectivity index (χ2v) is 11.4. The van der Waals surface area contributed by atoms with Crippen LogP contribution in [-0.4, -0.2) is 99.7 Å². The first-order valence-electron chi connectivity index (χ1n) is 14.5. The van der Waals surface area contributed by atoms with E-state index >= 15 is 0 Å². The van der Waals surface area contributed by atoms with Gasteiger partial charge in [0.2, 0.25) is 11.6 Å². The zero-order valence-corrected chi connectivity index (χ0v) is 27.5. The highest BCUT2D eigenvalue weighted by Crippen LogP contribution is 2.31. The minimum atomic E-state index is -1.01. The van der Waals surface area contributed by atoms with Gasteiger partial charge in [-0.3, -0.25) is 14.4 Å². The number of hydrazone groups is 1. The van der Waals surface area contributed by atoms with Gasteiger partial charge in [0.1, 0.15) is 11.8 Å². The summed E-state index contributed by atoms with van der Waals surface area (Å²) in [6.45, 7) is 6.90. The summed E-state index contributed by atoms with van der Waals surface area (Å²) in [6, 6.07) is 0. The number of carbonyl (C=O) groups is 4. The Bertz CT molecular complexity index is 1330. The summed E-state index contributed by atoms with van der Waals surface area (Å²) in [4.78, 5) is 52.6. The van der Waals surface area contributed by atoms with Gasteiger partial charge in [-0.15, -0.1) is 0 Å². The number of nitrogens with one attached hydrogen (secondary N) is 1. The highest BCUT2D eigenvalue weighted by molar-refractivity contribution is 6.32. The van der Waals surface area contributed by atoms with Crippen molar-refractivity contribution in [3.63, 3.8) is 0 Å². The average molecular weight is 631 g/mol. The van der Waals surface area contributed by atoms with Gasteiger partial charge in [-0.25, -0.2) is 4.79 Å². The number of rotatable bonds is 6. The molecule has 0 fully saturated rings. The summed E-state index contributed by atoms with van der Waals surface area (Å²) in [5, 5.41) is 19.4. The van der Waals surface area contributed by atoms with Crippen LogP contribution in [0.3, 0.4) is 0 Å². The predicted molar refractivity (Wildman–Crippen MR) is 168 cm³/mol. The van der Waals surface area contributed by atoms with E-state index in [4.69, 9.17) is 24.7 Å². The number of amides is 2. The summed E-state index contributed by atoms with van der Waals surface area (Å²) < 4.78 is 22.0. The Balaban J connectivity index is 2.75. The topological polar surface area (TPSA) is 179 Å². The first kappa shape index (κ1) is 37.1. The SMILES string of the molecule is COC1=C2CC(C)CC(OC)C(O)C(C)C=C(C)C(OC(N)=O)C(OC)C=CC=C(C)C(=O)NC(=C(/C=N\N(C)C)C1=O)C2=O. The number of ether oxygens (including phenoxy) is 4. The Kier molecular flexibility index (Phi) is 13.9. The molecule has 13 nitrogen and oxygen atoms in total. The molecule has 13 heteroatoms. The van der Waals surface area contributed by atoms with Gasteiger partial charge in [-0.1, -0.05) is 38.2 Å². The van der Waals surface area contributed by atoms with E-state index in [-0.39, 0.29) is 40.5 Å². The average Bonchev–Trinajstić information content (AvgIpc) is 2.98. The molecule has 0 saturated heterocycles. The minimum Gasteiger partial charge on any atom is -0.492 e. The van der Waals surface area contributed by atoms with Gasteiger partial charge in [0.25, 0.3) is 5.91 Å². The Morgan fingerprint density at radius 3 is 2.33 bits per heavy atom. The van der Waals surface area contributed by atoms with Crippen LogP contribution >= 0.6 is 0 Å². The molecule has 4 N–H and O–H groups in total. The number of hydrogen-bond donors (Lipinski definition) is 3. The quantitative estimate of drug-likeness (QED) is 0.171. The molecule has 1 heterocycles. The number of methoxy groups -OCH3 is 3. The van der Waals surface area contributed by atoms with Crippen molar-refractivity contribution in [3.8, 4) is 0 Å². The zero-order valence-electron chi connectivity index (χ0n) is 27.5. The number of primary amides is 1. The molecule has 2 rings (SSSR count). The van der Waals surface area contributed by atoms with Crippen molar-refractivity contribution in [1.82, 2.24) is 10.3 Å². The maximum atomic E-state index is 13.9. The molecule has 0 aromatic rings. The van der Waals surface area contributed by atoms with Gasteiger partial charge in [-0.05, 0) is 38.2 Å². The van der Waals surface area contributed by atoms with E-state index in [1.807, 2.05) is 6.92 Å². The van der Waals surface area contributed by atoms with Gasteiger partial charge in [0, 0.05) is 45.4 Å². The van der Waals surface area contributed by atoms with Crippen molar-refractivity contribution in [2.24, 2.45) is 22.7 Å². The third kappa shape index (κ3) is 9.71. The first-order valence-corrected chi connectivity index (χ1v) is 14.5. The molecule has 248 valence electrons. The molecule has 2 amide bonds. The van der Waals surface area contributed by atoms with Gasteiger partial charge >= 0.3 is 6.09 Å². The molecular formula is C32H46N4O9. The van der Waals surface area contributed by atoms with Crippen molar-refractivity contribution < 1.29 is 43.2 Å². The van der Waals surface area contributed by atoms with Gasteiger partial charge in [0.15, 0.2) is 11.9 Å². The molecule has 0 aromatic heterocycles. The lowest BCUT2D eigenvalue weighted by molar-refractivity contribution is -0.121. The normalized spacial score (nSPS) is 27.7. The van der Waals surface area contributed by atoms with Crippen LogP contribution in [0.1, 0.15) is 40.5 Å². The monoisotopic (exact) mass is 630 g/mol. The Morgan fingerprint density at radius 2 is 1.78 bits per heavy atom. The van der Waals surface area contributed by atoms with Gasteiger partial charge in [0.05, 0.1) is 31.1 Å². The number of ketones is 2. The number of hydrogen-bond acceptors (Lipinski definition) is 11. The van der Waals surface area contributed by atoms with E-state index in [9.17, 15) is 24.3 Å². The molecule has 0 saturated carbocycles. The van der Waals surface area contributed by atoms with Crippen LogP contribution in [0.5, 0.6) is 0 Å². The highest BCUT2D eigenvalue weighted by atomic mass is 16.6. The molecule has 0 aromatic carbocycles. The van der Waals surface area contributed by atoms with Gasteiger partial charge in [-0.2, -0.15) is 5.10 Å². The fraction of sp³-hybridized carbons (Fsp3) is 0.531. The maximum Gasteiger partial charge on any atom is 0.405 e. The van der Waals surface area contributed by atoms with Crippen LogP contribution in [0.15, 0.2) is 63.2 Å². The number of nitrogens with two attached hydrogens (primary N) is 1. The summed E-state index contributed by atoms with van der Waals surface area (Å²) in [6.07, 6.45) is 3.55. The third-order valence-electron chi connectivity index (χ3n) is 7.56. The van der Waals surface area contributed by atoms with Crippen molar-refractivity contribution in [3.05, 3.63) is 58.1 Å². The summed E-state index contributed by atoms with van der Waals surface area (Å²) in [5.41, 5.74) is 5.87. The number of aliphatic hydroxyl groups is 1. The van der Waals surface area contributed by atoms with Crippen molar-refractivity contribution >= 4 is 29.8 Å². The number of Topliss-reactive ketones (excluding diaryl/α,β-unsaturated/α-hetero) is 2. The van der Waals surface area contributed by atoms with E-state index in [1.54, 1.807) is 40.1 Å². The Morgan fingerprint density at radius 1 is 1.11 bits per heavy atom. The van der Waals surface area contributed by atoms with Crippen LogP contribution in [-0.2, 0) is 33.3 Å². The fourth-order valence-corrected chi connectivity index (χ4v) is 5.17. The molecule has 2 bridgehead atoms. The number of fused-ring (bicyclic) bond motifs is 2. The minimum absolute atomic E-state index is 0.0919. The molecular weight excluding hydrogens is 584 g/mol. The Hall–Kier alpha value is -4.07. The Labute approximate surface area is 264 Å². The largest absolute Gasteiger partial charge is 0.492 e. The van der Waals surface area contributed by atoms with E-state index in [0.29, 0.717) is 12.0 Å². The van der Waals surface area contributed by atoms with E-state index in [0.717, 1.165) is 0 Å². The molecule has 1 aliphatic carbocycles. The number of allylic oxidation sites excluding steroid dienone is 4. The lowest BCUT2D eigenvalue weighted by Crippen LogP contribution is -2.38. The molecule has 6 atom stereocenters. The standard InChI is InChI=1S/C32H46N4O9/c1-17-13-21-27(38)25(22(16-34-36(5)6)28(39)30(21)44-9)35-31(40)18(2)11-10-12-23(42-7)29(45-32(33)41)20(4)15-19(3)26(37)24(14-17)43-8/h10-12,15-17,19,23-24,26,29,37H,13-14H2,1-9H3,(H2,33,41)(H,35,40)/b12-10?,18-11?,20-15?,34-16-. The van der Waals surface area contributed by atoms with Crippen LogP contribution in [0.2, 0.25) is 0 Å². The van der Waals surface area contributed by atoms with E-state index < -0.39 is 53.9 Å². The summed E-state index contributed by atoms with van der Waals surface area (Å²) in [5.74, 6) is -2.70. The van der Waals surface area contributed by atoms with Crippen molar-refractivity contribution in [1.29, 1.82) is 0 Å². The molecule has 6 unspecified atom stereocenters. The fourth-order valence-electron chi connectivity index (χ4n) is 5.17. The van der Waals surface area contributed by atoms with Crippen LogP contribution < -0.4 is 11.1 Å². The van der Waals surface area contributed by atoms with Crippen LogP contribution in [0, 0.1) is 11.8 Å². The predicted octanol–water partition coefficient (Wildman–Crippen LogP) is 2.33. The summed E-state index contributed by atoms with van der Waals surface area (Å²) >= 11 is 0. The highest BCUT2D eigenvalue weighted by Gasteiger charge is 2.37. The molecule has 2 aliphatic rings. The number of nitrogens with zero attached hydrogens (tertiary/aromatic N) is 2. The second kappa shape index (κ2) is 16.8. The van der Waals surface area contributed by atoms with Crippen LogP contribution in [0.25, 0.3) is 0 Å². The molecule has 45 heavy (non-hydrogen) atoms. The molecule has 1 aliphatic heterocycles. The van der Waals surface area contributed by atoms with Crippen molar-refractivity contribution in [2.75, 3.05) is 35.4 Å². The molecule has 0 spiro atoms. The van der Waals surface area contributed by atoms with Crippen molar-refractivity contribution in [2.45, 2.75) is 65.0 Å². The first-order chi connectivity index (χ1) is 21.2. The summed E-state index contributed by atoms with van der Waals surface area (Å²) in [7, 11) is 7.49. The zero-order chi connectivity index (χ0) is 34.0. The maximum absolute atomic E-state index is 13.9. The number of aliphatic hydroxyl groups excluding tert-OH is 1.